The smallest absolute Gasteiger partial charge is 0.191 e. The molecule has 6 nitrogen and oxygen atoms in total. The largest absolute Gasteiger partial charge is 0.382 e. The van der Waals surface area contributed by atoms with E-state index in [1.54, 1.807) is 0 Å². The number of benzene rings is 1. The molecule has 1 aromatic heterocycles. The van der Waals surface area contributed by atoms with Gasteiger partial charge in [-0.3, -0.25) is 4.99 Å². The first-order chi connectivity index (χ1) is 14.6. The number of aromatic nitrogens is 2. The number of aryl methyl sites for hydroxylation is 1. The molecule has 1 fully saturated rings. The van der Waals surface area contributed by atoms with E-state index in [4.69, 9.17) is 9.84 Å². The minimum Gasteiger partial charge on any atom is -0.382 e. The summed E-state index contributed by atoms with van der Waals surface area (Å²) in [5, 5.41) is 11.8. The second-order valence-electron chi connectivity index (χ2n) is 8.33. The van der Waals surface area contributed by atoms with Gasteiger partial charge >= 0.3 is 0 Å². The van der Waals surface area contributed by atoms with Gasteiger partial charge in [0.2, 0.25) is 0 Å². The van der Waals surface area contributed by atoms with Crippen LogP contribution < -0.4 is 10.6 Å². The van der Waals surface area contributed by atoms with E-state index in [9.17, 15) is 0 Å². The van der Waals surface area contributed by atoms with Gasteiger partial charge in [0.05, 0.1) is 11.4 Å². The lowest BCUT2D eigenvalue weighted by molar-refractivity contribution is 0.105. The van der Waals surface area contributed by atoms with Crippen LogP contribution in [0.5, 0.6) is 0 Å². The molecule has 3 rings (SSSR count). The van der Waals surface area contributed by atoms with Crippen LogP contribution in [0.2, 0.25) is 0 Å². The summed E-state index contributed by atoms with van der Waals surface area (Å²) in [6, 6.07) is 10.3. The Labute approximate surface area is 204 Å². The van der Waals surface area contributed by atoms with Gasteiger partial charge in [-0.15, -0.1) is 24.0 Å². The number of nitrogens with one attached hydrogen (secondary N) is 2. The quantitative estimate of drug-likeness (QED) is 0.209. The molecule has 1 aliphatic carbocycles. The number of nitrogens with zero attached hydrogens (tertiary/aromatic N) is 3. The first kappa shape index (κ1) is 25.6. The Balaban J connectivity index is 0.00000341. The number of hydrogen-bond donors (Lipinski definition) is 2. The van der Waals surface area contributed by atoms with Crippen LogP contribution in [-0.2, 0) is 11.3 Å². The number of rotatable bonds is 9. The zero-order valence-corrected chi connectivity index (χ0v) is 21.7. The number of guanidine groups is 1. The van der Waals surface area contributed by atoms with Crippen molar-refractivity contribution < 1.29 is 4.74 Å². The van der Waals surface area contributed by atoms with Crippen LogP contribution >= 0.6 is 24.0 Å². The Kier molecular flexibility index (Phi) is 10.3. The zero-order chi connectivity index (χ0) is 21.4. The van der Waals surface area contributed by atoms with Crippen LogP contribution in [0, 0.1) is 19.3 Å². The van der Waals surface area contributed by atoms with Crippen LogP contribution in [0.4, 0.5) is 0 Å². The topological polar surface area (TPSA) is 63.5 Å². The van der Waals surface area contributed by atoms with E-state index in [0.717, 1.165) is 49.2 Å². The third-order valence-corrected chi connectivity index (χ3v) is 6.37. The third kappa shape index (κ3) is 6.68. The number of aliphatic imine (C=N–C) groups is 1. The van der Waals surface area contributed by atoms with Crippen molar-refractivity contribution in [2.24, 2.45) is 10.4 Å². The lowest BCUT2D eigenvalue weighted by Gasteiger charge is -2.30. The van der Waals surface area contributed by atoms with Gasteiger partial charge in [0.25, 0.3) is 0 Å². The van der Waals surface area contributed by atoms with Gasteiger partial charge in [-0.05, 0) is 57.6 Å². The lowest BCUT2D eigenvalue weighted by atomic mass is 9.83. The summed E-state index contributed by atoms with van der Waals surface area (Å²) < 4.78 is 7.66. The van der Waals surface area contributed by atoms with Crippen molar-refractivity contribution >= 4 is 29.9 Å². The molecule has 2 aromatic rings. The average Bonchev–Trinajstić information content (AvgIpc) is 3.34. The Morgan fingerprint density at radius 1 is 1.16 bits per heavy atom. The van der Waals surface area contributed by atoms with Crippen molar-refractivity contribution in [3.63, 3.8) is 0 Å². The Morgan fingerprint density at radius 3 is 2.52 bits per heavy atom. The maximum absolute atomic E-state index is 5.64. The fourth-order valence-electron chi connectivity index (χ4n) is 4.49. The van der Waals surface area contributed by atoms with Crippen LogP contribution in [0.25, 0.3) is 5.69 Å². The standard InChI is InChI=1S/C24H37N5O.HI/c1-5-30-16-15-24(13-9-10-14-24)18-27-23(25-4)26-17-22-19(2)28-29(20(22)3)21-11-7-6-8-12-21;/h6-8,11-12H,5,9-10,13-18H2,1-4H3,(H2,25,26,27);1H. The number of para-hydroxylation sites is 1. The van der Waals surface area contributed by atoms with Crippen molar-refractivity contribution in [1.82, 2.24) is 20.4 Å². The predicted molar refractivity (Wildman–Crippen MR) is 139 cm³/mol. The van der Waals surface area contributed by atoms with Crippen LogP contribution in [0.3, 0.4) is 0 Å². The highest BCUT2D eigenvalue weighted by Gasteiger charge is 2.33. The van der Waals surface area contributed by atoms with Crippen LogP contribution in [0.15, 0.2) is 35.3 Å². The molecule has 31 heavy (non-hydrogen) atoms. The van der Waals surface area contributed by atoms with Gasteiger partial charge in [-0.25, -0.2) is 4.68 Å². The van der Waals surface area contributed by atoms with E-state index in [0.29, 0.717) is 12.0 Å². The lowest BCUT2D eigenvalue weighted by Crippen LogP contribution is -2.43. The van der Waals surface area contributed by atoms with Crippen LogP contribution in [-0.4, -0.2) is 42.5 Å². The molecule has 0 spiro atoms. The second-order valence-corrected chi connectivity index (χ2v) is 8.33. The number of halogens is 1. The van der Waals surface area contributed by atoms with E-state index in [-0.39, 0.29) is 24.0 Å². The molecule has 0 radical (unpaired) electrons. The Hall–Kier alpha value is -1.61. The molecule has 1 saturated carbocycles. The highest BCUT2D eigenvalue weighted by molar-refractivity contribution is 14.0. The first-order valence-electron chi connectivity index (χ1n) is 11.2. The van der Waals surface area contributed by atoms with E-state index in [2.05, 4.69) is 48.5 Å². The number of hydrogen-bond acceptors (Lipinski definition) is 3. The predicted octanol–water partition coefficient (Wildman–Crippen LogP) is 4.76. The Bertz CT molecular complexity index is 828. The molecule has 172 valence electrons. The van der Waals surface area contributed by atoms with E-state index >= 15 is 0 Å². The maximum atomic E-state index is 5.64. The fraction of sp³-hybridized carbons (Fsp3) is 0.583. The normalized spacial score (nSPS) is 15.5. The molecule has 0 unspecified atom stereocenters. The summed E-state index contributed by atoms with van der Waals surface area (Å²) in [5.41, 5.74) is 4.84. The van der Waals surface area contributed by atoms with Crippen LogP contribution in [0.1, 0.15) is 56.0 Å². The van der Waals surface area contributed by atoms with E-state index in [1.807, 2.05) is 29.9 Å². The first-order valence-corrected chi connectivity index (χ1v) is 11.2. The highest BCUT2D eigenvalue weighted by Crippen LogP contribution is 2.40. The molecule has 0 amide bonds. The molecule has 0 atom stereocenters. The van der Waals surface area contributed by atoms with Gasteiger partial charge in [-0.2, -0.15) is 5.10 Å². The second kappa shape index (κ2) is 12.4. The summed E-state index contributed by atoms with van der Waals surface area (Å²) in [6.45, 7) is 9.55. The summed E-state index contributed by atoms with van der Waals surface area (Å²) in [6.07, 6.45) is 6.29. The molecular formula is C24H38IN5O. The Morgan fingerprint density at radius 2 is 1.87 bits per heavy atom. The van der Waals surface area contributed by atoms with Gasteiger partial charge in [0.15, 0.2) is 5.96 Å². The molecule has 0 aliphatic heterocycles. The molecule has 0 saturated heterocycles. The molecule has 1 aromatic carbocycles. The van der Waals surface area contributed by atoms with Crippen molar-refractivity contribution in [2.75, 3.05) is 26.8 Å². The summed E-state index contributed by atoms with van der Waals surface area (Å²) >= 11 is 0. The molecule has 0 bridgehead atoms. The minimum absolute atomic E-state index is 0. The molecule has 2 N–H and O–H groups in total. The van der Waals surface area contributed by atoms with Crippen molar-refractivity contribution in [2.45, 2.75) is 59.4 Å². The molecular weight excluding hydrogens is 501 g/mol. The van der Waals surface area contributed by atoms with Gasteiger partial charge in [0, 0.05) is 44.6 Å². The fourth-order valence-corrected chi connectivity index (χ4v) is 4.49. The SMILES string of the molecule is CCOCCC1(CNC(=NC)NCc2c(C)nn(-c3ccccc3)c2C)CCCC1.I. The van der Waals surface area contributed by atoms with Gasteiger partial charge in [0.1, 0.15) is 0 Å². The maximum Gasteiger partial charge on any atom is 0.191 e. The highest BCUT2D eigenvalue weighted by atomic mass is 127. The van der Waals surface area contributed by atoms with E-state index in [1.165, 1.54) is 31.2 Å². The zero-order valence-electron chi connectivity index (χ0n) is 19.4. The average molecular weight is 540 g/mol. The minimum atomic E-state index is 0. The van der Waals surface area contributed by atoms with Gasteiger partial charge < -0.3 is 15.4 Å². The summed E-state index contributed by atoms with van der Waals surface area (Å²) in [4.78, 5) is 4.45. The summed E-state index contributed by atoms with van der Waals surface area (Å²) in [5.74, 6) is 0.851. The van der Waals surface area contributed by atoms with Crippen molar-refractivity contribution in [3.05, 3.63) is 47.3 Å². The monoisotopic (exact) mass is 539 g/mol. The molecule has 1 heterocycles. The van der Waals surface area contributed by atoms with Crippen molar-refractivity contribution in [3.8, 4) is 5.69 Å². The number of ether oxygens (including phenoxy) is 1. The molecule has 1 aliphatic rings. The van der Waals surface area contributed by atoms with Crippen molar-refractivity contribution in [1.29, 1.82) is 0 Å². The van der Waals surface area contributed by atoms with E-state index < -0.39 is 0 Å². The van der Waals surface area contributed by atoms with Gasteiger partial charge in [-0.1, -0.05) is 31.0 Å². The summed E-state index contributed by atoms with van der Waals surface area (Å²) in [7, 11) is 1.84. The molecule has 7 heteroatoms. The third-order valence-electron chi connectivity index (χ3n) is 6.37.